The summed E-state index contributed by atoms with van der Waals surface area (Å²) in [7, 11) is 0. The Labute approximate surface area is 173 Å². The fourth-order valence-corrected chi connectivity index (χ4v) is 3.82. The molecule has 0 atom stereocenters. The Morgan fingerprint density at radius 1 is 1.03 bits per heavy atom. The van der Waals surface area contributed by atoms with E-state index in [1.54, 1.807) is 0 Å². The summed E-state index contributed by atoms with van der Waals surface area (Å²) in [6.07, 6.45) is 0.546. The Hall–Kier alpha value is -2.62. The lowest BCUT2D eigenvalue weighted by Gasteiger charge is -2.31. The summed E-state index contributed by atoms with van der Waals surface area (Å²) in [6, 6.07) is 8.32. The van der Waals surface area contributed by atoms with Gasteiger partial charge in [0.2, 0.25) is 5.91 Å². The molecule has 0 radical (unpaired) electrons. The number of carbonyl (C=O) groups is 2. The fraction of sp³-hybridized carbons (Fsp3) is 0.300. The quantitative estimate of drug-likeness (QED) is 0.529. The van der Waals surface area contributed by atoms with Gasteiger partial charge in [-0.2, -0.15) is 13.2 Å². The Kier molecular flexibility index (Phi) is 6.64. The van der Waals surface area contributed by atoms with E-state index >= 15 is 0 Å². The summed E-state index contributed by atoms with van der Waals surface area (Å²) in [5.74, 6) is -3.29. The van der Waals surface area contributed by atoms with E-state index in [1.165, 1.54) is 29.2 Å². The highest BCUT2D eigenvalue weighted by Crippen LogP contribution is 2.40. The smallest absolute Gasteiger partial charge is 0.339 e. The van der Waals surface area contributed by atoms with Crippen molar-refractivity contribution in [3.63, 3.8) is 0 Å². The second kappa shape index (κ2) is 9.03. The van der Waals surface area contributed by atoms with Crippen LogP contribution in [0.1, 0.15) is 23.2 Å². The Morgan fingerprint density at radius 3 is 2.33 bits per heavy atom. The minimum Gasteiger partial charge on any atom is -0.339 e. The molecule has 0 spiro atoms. The molecule has 2 aromatic rings. The minimum absolute atomic E-state index is 0.0664. The summed E-state index contributed by atoms with van der Waals surface area (Å²) < 4.78 is 64.9. The molecule has 4 nitrogen and oxygen atoms in total. The number of nitrogens with zero attached hydrogens (tertiary/aromatic N) is 1. The maximum Gasteiger partial charge on any atom is 0.446 e. The van der Waals surface area contributed by atoms with Crippen LogP contribution in [0.25, 0.3) is 0 Å². The number of rotatable bonds is 4. The Morgan fingerprint density at radius 2 is 1.70 bits per heavy atom. The van der Waals surface area contributed by atoms with E-state index in [1.807, 2.05) is 0 Å². The average Bonchev–Trinajstić information content (AvgIpc) is 2.68. The van der Waals surface area contributed by atoms with Gasteiger partial charge >= 0.3 is 5.51 Å². The predicted molar refractivity (Wildman–Crippen MR) is 102 cm³/mol. The first-order valence-corrected chi connectivity index (χ1v) is 9.85. The number of piperidine rings is 1. The number of anilines is 1. The highest BCUT2D eigenvalue weighted by molar-refractivity contribution is 8.00. The molecule has 1 saturated heterocycles. The molecule has 3 rings (SSSR count). The third kappa shape index (κ3) is 5.50. The van der Waals surface area contributed by atoms with Gasteiger partial charge in [-0.1, -0.05) is 12.1 Å². The Bertz CT molecular complexity index is 943. The van der Waals surface area contributed by atoms with Crippen molar-refractivity contribution in [1.29, 1.82) is 0 Å². The number of para-hydroxylation sites is 1. The van der Waals surface area contributed by atoms with E-state index in [0.29, 0.717) is 6.07 Å². The second-order valence-corrected chi connectivity index (χ2v) is 7.83. The maximum absolute atomic E-state index is 13.8. The standard InChI is InChI=1S/C20H17F5N2O2S/c21-13-5-6-14(15(22)11-13)19(29)27-9-7-12(8-10-27)18(28)26-16-3-1-2-4-17(16)30-20(23,24)25/h1-6,11-12H,7-10H2,(H,26,28). The molecular formula is C20H17F5N2O2S. The molecule has 2 aromatic carbocycles. The van der Waals surface area contributed by atoms with Crippen LogP contribution < -0.4 is 5.32 Å². The fourth-order valence-electron chi connectivity index (χ4n) is 3.20. The van der Waals surface area contributed by atoms with Crippen molar-refractivity contribution in [2.24, 2.45) is 5.92 Å². The molecule has 1 fully saturated rings. The summed E-state index contributed by atoms with van der Waals surface area (Å²) in [4.78, 5) is 26.2. The van der Waals surface area contributed by atoms with Crippen LogP contribution in [0.15, 0.2) is 47.4 Å². The molecule has 2 amide bonds. The van der Waals surface area contributed by atoms with Gasteiger partial charge in [-0.05, 0) is 48.9 Å². The van der Waals surface area contributed by atoms with Crippen LogP contribution in [0.5, 0.6) is 0 Å². The van der Waals surface area contributed by atoms with E-state index in [-0.39, 0.29) is 53.8 Å². The molecule has 30 heavy (non-hydrogen) atoms. The topological polar surface area (TPSA) is 49.4 Å². The number of hydrogen-bond donors (Lipinski definition) is 1. The number of thioether (sulfide) groups is 1. The monoisotopic (exact) mass is 444 g/mol. The van der Waals surface area contributed by atoms with Crippen LogP contribution in [0.3, 0.4) is 0 Å². The van der Waals surface area contributed by atoms with Gasteiger partial charge in [-0.25, -0.2) is 8.78 Å². The number of likely N-dealkylation sites (tertiary alicyclic amines) is 1. The lowest BCUT2D eigenvalue weighted by Crippen LogP contribution is -2.41. The SMILES string of the molecule is O=C(Nc1ccccc1SC(F)(F)F)C1CCN(C(=O)c2ccc(F)cc2F)CC1. The van der Waals surface area contributed by atoms with Crippen LogP contribution in [0, 0.1) is 17.6 Å². The van der Waals surface area contributed by atoms with Crippen molar-refractivity contribution in [3.05, 3.63) is 59.7 Å². The number of amides is 2. The highest BCUT2D eigenvalue weighted by atomic mass is 32.2. The van der Waals surface area contributed by atoms with Gasteiger partial charge < -0.3 is 10.2 Å². The molecule has 160 valence electrons. The number of alkyl halides is 3. The minimum atomic E-state index is -4.48. The number of benzene rings is 2. The molecule has 1 aliphatic heterocycles. The summed E-state index contributed by atoms with van der Waals surface area (Å²) in [5.41, 5.74) is -4.67. The second-order valence-electron chi connectivity index (χ2n) is 6.72. The van der Waals surface area contributed by atoms with Crippen LogP contribution in [-0.2, 0) is 4.79 Å². The van der Waals surface area contributed by atoms with E-state index in [2.05, 4.69) is 5.32 Å². The van der Waals surface area contributed by atoms with Crippen LogP contribution in [-0.4, -0.2) is 35.3 Å². The average molecular weight is 444 g/mol. The number of halogens is 5. The Balaban J connectivity index is 1.60. The maximum atomic E-state index is 13.8. The molecule has 10 heteroatoms. The zero-order valence-corrected chi connectivity index (χ0v) is 16.3. The molecular weight excluding hydrogens is 427 g/mol. The zero-order valence-electron chi connectivity index (χ0n) is 15.5. The molecule has 0 aromatic heterocycles. The van der Waals surface area contributed by atoms with Gasteiger partial charge in [0.05, 0.1) is 11.3 Å². The van der Waals surface area contributed by atoms with Crippen LogP contribution >= 0.6 is 11.8 Å². The van der Waals surface area contributed by atoms with Gasteiger partial charge in [0.15, 0.2) is 0 Å². The third-order valence-electron chi connectivity index (χ3n) is 4.69. The molecule has 1 aliphatic rings. The highest BCUT2D eigenvalue weighted by Gasteiger charge is 2.32. The number of carbonyl (C=O) groups excluding carboxylic acids is 2. The van der Waals surface area contributed by atoms with Gasteiger partial charge in [0.1, 0.15) is 11.6 Å². The largest absolute Gasteiger partial charge is 0.446 e. The van der Waals surface area contributed by atoms with Crippen molar-refractivity contribution in [2.45, 2.75) is 23.2 Å². The first kappa shape index (κ1) is 22.1. The molecule has 0 unspecified atom stereocenters. The van der Waals surface area contributed by atoms with E-state index < -0.39 is 34.9 Å². The van der Waals surface area contributed by atoms with Gasteiger partial charge in [0, 0.05) is 30.0 Å². The lowest BCUT2D eigenvalue weighted by molar-refractivity contribution is -0.121. The van der Waals surface area contributed by atoms with Crippen molar-refractivity contribution in [3.8, 4) is 0 Å². The van der Waals surface area contributed by atoms with E-state index in [4.69, 9.17) is 0 Å². The summed E-state index contributed by atoms with van der Waals surface area (Å²) in [5, 5.41) is 2.53. The molecule has 1 N–H and O–H groups in total. The lowest BCUT2D eigenvalue weighted by atomic mass is 9.95. The van der Waals surface area contributed by atoms with Crippen molar-refractivity contribution >= 4 is 29.3 Å². The van der Waals surface area contributed by atoms with Crippen molar-refractivity contribution in [2.75, 3.05) is 18.4 Å². The molecule has 0 bridgehead atoms. The van der Waals surface area contributed by atoms with Crippen LogP contribution in [0.2, 0.25) is 0 Å². The van der Waals surface area contributed by atoms with Gasteiger partial charge in [-0.3, -0.25) is 9.59 Å². The van der Waals surface area contributed by atoms with E-state index in [9.17, 15) is 31.5 Å². The molecule has 0 aliphatic carbocycles. The normalized spacial score (nSPS) is 15.2. The van der Waals surface area contributed by atoms with E-state index in [0.717, 1.165) is 12.1 Å². The van der Waals surface area contributed by atoms with Gasteiger partial charge in [0.25, 0.3) is 5.91 Å². The number of nitrogens with one attached hydrogen (secondary N) is 1. The molecule has 0 saturated carbocycles. The van der Waals surface area contributed by atoms with Crippen molar-refractivity contribution < 1.29 is 31.5 Å². The summed E-state index contributed by atoms with van der Waals surface area (Å²) >= 11 is -0.310. The van der Waals surface area contributed by atoms with Crippen molar-refractivity contribution in [1.82, 2.24) is 4.90 Å². The third-order valence-corrected chi connectivity index (χ3v) is 5.49. The zero-order chi connectivity index (χ0) is 21.9. The van der Waals surface area contributed by atoms with Crippen LogP contribution in [0.4, 0.5) is 27.6 Å². The van der Waals surface area contributed by atoms with Gasteiger partial charge in [-0.15, -0.1) is 0 Å². The predicted octanol–water partition coefficient (Wildman–Crippen LogP) is 5.07. The first-order chi connectivity index (χ1) is 14.1. The summed E-state index contributed by atoms with van der Waals surface area (Å²) in [6.45, 7) is 0.347. The first-order valence-electron chi connectivity index (χ1n) is 9.04. The molecule has 1 heterocycles. The number of hydrogen-bond acceptors (Lipinski definition) is 3.